The number of imide groups is 1. The van der Waals surface area contributed by atoms with Gasteiger partial charge >= 0.3 is 5.97 Å². The van der Waals surface area contributed by atoms with Gasteiger partial charge in [0.2, 0.25) is 0 Å². The van der Waals surface area contributed by atoms with Crippen molar-refractivity contribution in [1.82, 2.24) is 4.90 Å². The van der Waals surface area contributed by atoms with Crippen molar-refractivity contribution in [2.45, 2.75) is 19.9 Å². The van der Waals surface area contributed by atoms with E-state index < -0.39 is 52.9 Å². The number of carbonyl (C=O) groups is 4. The first-order chi connectivity index (χ1) is 17.3. The summed E-state index contributed by atoms with van der Waals surface area (Å²) >= 11 is 24.3. The number of anilines is 1. The number of amides is 3. The summed E-state index contributed by atoms with van der Waals surface area (Å²) in [6, 6.07) is 2.27. The van der Waals surface area contributed by atoms with Gasteiger partial charge in [-0.15, -0.1) is 0 Å². The van der Waals surface area contributed by atoms with Crippen molar-refractivity contribution in [2.75, 3.05) is 19.0 Å². The van der Waals surface area contributed by atoms with Crippen molar-refractivity contribution >= 4 is 81.5 Å². The molecule has 0 fully saturated rings. The normalized spacial score (nSPS) is 13.5. The van der Waals surface area contributed by atoms with Crippen LogP contribution in [0, 0.1) is 16.0 Å². The zero-order chi connectivity index (χ0) is 27.8. The van der Waals surface area contributed by atoms with Gasteiger partial charge in [0.1, 0.15) is 17.5 Å². The van der Waals surface area contributed by atoms with Crippen molar-refractivity contribution in [3.05, 3.63) is 59.5 Å². The highest BCUT2D eigenvalue weighted by atomic mass is 35.5. The molecule has 1 N–H and O–H groups in total. The summed E-state index contributed by atoms with van der Waals surface area (Å²) < 4.78 is 9.98. The van der Waals surface area contributed by atoms with E-state index in [4.69, 9.17) is 55.9 Å². The first-order valence-corrected chi connectivity index (χ1v) is 11.9. The van der Waals surface area contributed by atoms with Crippen LogP contribution in [0.4, 0.5) is 11.4 Å². The number of hydrogen-bond acceptors (Lipinski definition) is 8. The fourth-order valence-electron chi connectivity index (χ4n) is 3.60. The number of ether oxygens (including phenoxy) is 2. The Kier molecular flexibility index (Phi) is 8.53. The summed E-state index contributed by atoms with van der Waals surface area (Å²) in [6.07, 6.45) is 0. The minimum Gasteiger partial charge on any atom is -0.496 e. The summed E-state index contributed by atoms with van der Waals surface area (Å²) in [6.45, 7) is 2.21. The van der Waals surface area contributed by atoms with E-state index >= 15 is 0 Å². The molecule has 11 nitrogen and oxygen atoms in total. The third kappa shape index (κ3) is 5.30. The Morgan fingerprint density at radius 1 is 1.03 bits per heavy atom. The first-order valence-electron chi connectivity index (χ1n) is 10.3. The van der Waals surface area contributed by atoms with Crippen molar-refractivity contribution in [1.29, 1.82) is 0 Å². The highest BCUT2D eigenvalue weighted by molar-refractivity contribution is 6.55. The Morgan fingerprint density at radius 2 is 1.57 bits per heavy atom. The molecular weight excluding hydrogens is 576 g/mol. The minimum absolute atomic E-state index is 0.161. The molecule has 196 valence electrons. The van der Waals surface area contributed by atoms with Gasteiger partial charge in [-0.1, -0.05) is 60.3 Å². The molecule has 0 spiro atoms. The van der Waals surface area contributed by atoms with E-state index in [2.05, 4.69) is 5.32 Å². The van der Waals surface area contributed by atoms with Gasteiger partial charge in [-0.2, -0.15) is 0 Å². The molecule has 37 heavy (non-hydrogen) atoms. The Balaban J connectivity index is 1.80. The molecule has 1 aliphatic rings. The van der Waals surface area contributed by atoms with Crippen molar-refractivity contribution in [2.24, 2.45) is 5.92 Å². The van der Waals surface area contributed by atoms with Crippen LogP contribution in [0.3, 0.4) is 0 Å². The lowest BCUT2D eigenvalue weighted by atomic mass is 10.0. The predicted octanol–water partition coefficient (Wildman–Crippen LogP) is 5.02. The molecule has 1 atom stereocenters. The number of nitro groups is 1. The smallest absolute Gasteiger partial charge is 0.330 e. The monoisotopic (exact) mass is 591 g/mol. The zero-order valence-electron chi connectivity index (χ0n) is 19.3. The van der Waals surface area contributed by atoms with E-state index in [0.29, 0.717) is 4.90 Å². The summed E-state index contributed by atoms with van der Waals surface area (Å²) in [7, 11) is 1.32. The van der Waals surface area contributed by atoms with E-state index in [1.807, 2.05) is 0 Å². The molecule has 3 amide bonds. The topological polar surface area (TPSA) is 145 Å². The van der Waals surface area contributed by atoms with Crippen molar-refractivity contribution in [3.8, 4) is 5.75 Å². The van der Waals surface area contributed by atoms with E-state index in [9.17, 15) is 29.3 Å². The highest BCUT2D eigenvalue weighted by Crippen LogP contribution is 2.45. The maximum Gasteiger partial charge on any atom is 0.330 e. The predicted molar refractivity (Wildman–Crippen MR) is 135 cm³/mol. The lowest BCUT2D eigenvalue weighted by Crippen LogP contribution is -2.49. The molecule has 2 aromatic rings. The Labute approximate surface area is 229 Å². The molecule has 2 aromatic carbocycles. The number of fused-ring (bicyclic) bond motifs is 1. The second-order valence-electron chi connectivity index (χ2n) is 7.97. The third-order valence-corrected chi connectivity index (χ3v) is 7.11. The number of rotatable bonds is 8. The molecule has 0 bridgehead atoms. The summed E-state index contributed by atoms with van der Waals surface area (Å²) in [4.78, 5) is 62.8. The number of nitrogens with one attached hydrogen (secondary N) is 1. The average Bonchev–Trinajstić information content (AvgIpc) is 3.10. The van der Waals surface area contributed by atoms with Gasteiger partial charge in [0.05, 0.1) is 49.3 Å². The van der Waals surface area contributed by atoms with Crippen LogP contribution in [0.15, 0.2) is 18.2 Å². The van der Waals surface area contributed by atoms with Gasteiger partial charge in [-0.05, 0) is 18.1 Å². The fraction of sp³-hybridized carbons (Fsp3) is 0.273. The van der Waals surface area contributed by atoms with Crippen LogP contribution in [0.1, 0.15) is 34.6 Å². The number of hydrogen-bond donors (Lipinski definition) is 1. The Morgan fingerprint density at radius 3 is 2.03 bits per heavy atom. The molecule has 0 saturated carbocycles. The molecule has 0 unspecified atom stereocenters. The van der Waals surface area contributed by atoms with E-state index in [1.165, 1.54) is 19.2 Å². The molecule has 3 rings (SSSR count). The van der Waals surface area contributed by atoms with E-state index in [0.717, 1.165) is 6.07 Å². The van der Waals surface area contributed by atoms with Crippen LogP contribution < -0.4 is 10.1 Å². The minimum atomic E-state index is -1.47. The zero-order valence-corrected chi connectivity index (χ0v) is 22.3. The fourth-order valence-corrected chi connectivity index (χ4v) is 4.61. The number of esters is 1. The lowest BCUT2D eigenvalue weighted by molar-refractivity contribution is -0.384. The highest BCUT2D eigenvalue weighted by Gasteiger charge is 2.48. The van der Waals surface area contributed by atoms with Crippen LogP contribution in [0.5, 0.6) is 5.75 Å². The lowest BCUT2D eigenvalue weighted by Gasteiger charge is -2.27. The van der Waals surface area contributed by atoms with Crippen LogP contribution in [0.2, 0.25) is 20.1 Å². The molecule has 0 saturated heterocycles. The van der Waals surface area contributed by atoms with Gasteiger partial charge in [0.25, 0.3) is 23.4 Å². The van der Waals surface area contributed by atoms with Crippen LogP contribution >= 0.6 is 46.4 Å². The number of halogens is 4. The van der Waals surface area contributed by atoms with Crippen LogP contribution in [0.25, 0.3) is 0 Å². The van der Waals surface area contributed by atoms with Gasteiger partial charge in [0, 0.05) is 0 Å². The number of nitro benzene ring substituents is 1. The number of carbonyl (C=O) groups excluding carboxylic acids is 4. The van der Waals surface area contributed by atoms with Crippen LogP contribution in [-0.2, 0) is 14.3 Å². The van der Waals surface area contributed by atoms with Gasteiger partial charge in [-0.3, -0.25) is 29.4 Å². The van der Waals surface area contributed by atoms with Crippen molar-refractivity contribution in [3.63, 3.8) is 0 Å². The third-order valence-electron chi connectivity index (χ3n) is 5.30. The number of benzene rings is 2. The average molecular weight is 593 g/mol. The molecule has 1 aliphatic heterocycles. The quantitative estimate of drug-likeness (QED) is 0.112. The molecule has 0 radical (unpaired) electrons. The molecular formula is C22H17Cl4N3O8. The largest absolute Gasteiger partial charge is 0.496 e. The summed E-state index contributed by atoms with van der Waals surface area (Å²) in [5, 5.41) is 12.5. The SMILES string of the molecule is COc1ccc(NC(=O)COC(=O)[C@@H](C(C)C)N2C(=O)c3c(Cl)c(Cl)c(Cl)c(Cl)c3C2=O)c([N+](=O)[O-])c1. The summed E-state index contributed by atoms with van der Waals surface area (Å²) in [5.74, 6) is -4.35. The van der Waals surface area contributed by atoms with Gasteiger partial charge in [0.15, 0.2) is 6.61 Å². The molecule has 0 aromatic heterocycles. The molecule has 15 heteroatoms. The molecule has 1 heterocycles. The van der Waals surface area contributed by atoms with Gasteiger partial charge in [-0.25, -0.2) is 4.79 Å². The first kappa shape index (κ1) is 28.5. The second-order valence-corrected chi connectivity index (χ2v) is 9.48. The standard InChI is InChI=1S/C22H17Cl4N3O8/c1-8(2)19(28-20(31)13-14(21(28)32)16(24)18(26)17(25)15(13)23)22(33)37-7-12(30)27-10-5-4-9(36-3)6-11(10)29(34)35/h4-6,8,19H,7H2,1-3H3,(H,27,30)/t19-/m1/s1. The maximum atomic E-state index is 13.1. The molecule has 0 aliphatic carbocycles. The van der Waals surface area contributed by atoms with E-state index in [1.54, 1.807) is 13.8 Å². The van der Waals surface area contributed by atoms with Crippen LogP contribution in [-0.4, -0.2) is 53.3 Å². The van der Waals surface area contributed by atoms with Crippen molar-refractivity contribution < 1.29 is 33.6 Å². The Bertz CT molecular complexity index is 1300. The number of methoxy groups -OCH3 is 1. The second kappa shape index (κ2) is 11.1. The maximum absolute atomic E-state index is 13.1. The van der Waals surface area contributed by atoms with E-state index in [-0.39, 0.29) is 42.7 Å². The van der Waals surface area contributed by atoms with Gasteiger partial charge < -0.3 is 14.8 Å². The number of nitrogens with zero attached hydrogens (tertiary/aromatic N) is 2. The summed E-state index contributed by atoms with van der Waals surface area (Å²) in [5.41, 5.74) is -1.23. The Hall–Kier alpha value is -3.12.